The first kappa shape index (κ1) is 22.7. The zero-order valence-corrected chi connectivity index (χ0v) is 14.2. The summed E-state index contributed by atoms with van der Waals surface area (Å²) >= 11 is 0. The number of hydrogen-bond donors (Lipinski definition) is 1. The van der Waals surface area contributed by atoms with Gasteiger partial charge in [0, 0.05) is 0 Å². The summed E-state index contributed by atoms with van der Waals surface area (Å²) in [7, 11) is 0. The van der Waals surface area contributed by atoms with Gasteiger partial charge in [0.15, 0.2) is 0 Å². The van der Waals surface area contributed by atoms with Crippen LogP contribution in [0.15, 0.2) is 0 Å². The number of carbonyl (C=O) groups is 2. The molecule has 0 aromatic carbocycles. The SMILES string of the molecule is CCOC(=O)CCOCCOCCOCCOCCOCC(=O)O. The zero-order chi connectivity index (χ0) is 17.9. The predicted molar refractivity (Wildman–Crippen MR) is 83.0 cm³/mol. The summed E-state index contributed by atoms with van der Waals surface area (Å²) in [5.74, 6) is -1.26. The van der Waals surface area contributed by atoms with Gasteiger partial charge in [-0.1, -0.05) is 0 Å². The van der Waals surface area contributed by atoms with Gasteiger partial charge in [-0.2, -0.15) is 0 Å². The van der Waals surface area contributed by atoms with Gasteiger partial charge in [0.2, 0.25) is 0 Å². The van der Waals surface area contributed by atoms with E-state index in [0.717, 1.165) is 0 Å². The van der Waals surface area contributed by atoms with Crippen LogP contribution in [0.4, 0.5) is 0 Å². The van der Waals surface area contributed by atoms with Crippen molar-refractivity contribution in [1.29, 1.82) is 0 Å². The number of aliphatic carboxylic acids is 1. The molecule has 0 bridgehead atoms. The Morgan fingerprint density at radius 2 is 1.12 bits per heavy atom. The number of ether oxygens (including phenoxy) is 6. The molecule has 0 aromatic rings. The lowest BCUT2D eigenvalue weighted by atomic mass is 10.5. The molecule has 9 heteroatoms. The maximum atomic E-state index is 11.0. The summed E-state index contributed by atoms with van der Waals surface area (Å²) in [6, 6.07) is 0. The van der Waals surface area contributed by atoms with E-state index >= 15 is 0 Å². The Kier molecular flexibility index (Phi) is 17.1. The quantitative estimate of drug-likeness (QED) is 0.271. The fraction of sp³-hybridized carbons (Fsp3) is 0.867. The van der Waals surface area contributed by atoms with Crippen molar-refractivity contribution in [2.24, 2.45) is 0 Å². The molecular weight excluding hydrogens is 324 g/mol. The van der Waals surface area contributed by atoms with Crippen LogP contribution in [-0.4, -0.2) is 89.7 Å². The van der Waals surface area contributed by atoms with E-state index in [9.17, 15) is 9.59 Å². The van der Waals surface area contributed by atoms with Crippen LogP contribution >= 0.6 is 0 Å². The molecule has 0 heterocycles. The second kappa shape index (κ2) is 18.1. The maximum Gasteiger partial charge on any atom is 0.329 e. The number of carbonyl (C=O) groups excluding carboxylic acids is 1. The van der Waals surface area contributed by atoms with E-state index in [1.165, 1.54) is 0 Å². The molecule has 1 N–H and O–H groups in total. The lowest BCUT2D eigenvalue weighted by Crippen LogP contribution is -2.15. The lowest BCUT2D eigenvalue weighted by molar-refractivity contribution is -0.144. The van der Waals surface area contributed by atoms with Crippen LogP contribution in [0.1, 0.15) is 13.3 Å². The molecule has 0 atom stereocenters. The Morgan fingerprint density at radius 3 is 1.54 bits per heavy atom. The van der Waals surface area contributed by atoms with Crippen molar-refractivity contribution in [3.63, 3.8) is 0 Å². The predicted octanol–water partition coefficient (Wildman–Crippen LogP) is 0.107. The van der Waals surface area contributed by atoms with Gasteiger partial charge in [0.05, 0.1) is 72.5 Å². The fourth-order valence-corrected chi connectivity index (χ4v) is 1.43. The first-order valence-corrected chi connectivity index (χ1v) is 7.93. The average molecular weight is 352 g/mol. The number of carboxylic acid groups (broad SMARTS) is 1. The number of carboxylic acids is 1. The van der Waals surface area contributed by atoms with Crippen molar-refractivity contribution in [3.05, 3.63) is 0 Å². The fourth-order valence-electron chi connectivity index (χ4n) is 1.43. The third-order valence-corrected chi connectivity index (χ3v) is 2.47. The third-order valence-electron chi connectivity index (χ3n) is 2.47. The van der Waals surface area contributed by atoms with Crippen molar-refractivity contribution in [3.8, 4) is 0 Å². The molecule has 0 aliphatic heterocycles. The molecule has 0 unspecified atom stereocenters. The monoisotopic (exact) mass is 352 g/mol. The molecule has 0 saturated heterocycles. The highest BCUT2D eigenvalue weighted by Gasteiger charge is 2.00. The summed E-state index contributed by atoms with van der Waals surface area (Å²) in [4.78, 5) is 21.2. The average Bonchev–Trinajstić information content (AvgIpc) is 2.54. The number of esters is 1. The van der Waals surface area contributed by atoms with Crippen LogP contribution in [0.2, 0.25) is 0 Å². The lowest BCUT2D eigenvalue weighted by Gasteiger charge is -2.07. The highest BCUT2D eigenvalue weighted by atomic mass is 16.6. The third kappa shape index (κ3) is 18.8. The maximum absolute atomic E-state index is 11.0. The summed E-state index contributed by atoms with van der Waals surface area (Å²) in [5.41, 5.74) is 0. The van der Waals surface area contributed by atoms with E-state index in [-0.39, 0.29) is 25.6 Å². The second-order valence-electron chi connectivity index (χ2n) is 4.45. The molecule has 0 fully saturated rings. The Hall–Kier alpha value is -1.26. The van der Waals surface area contributed by atoms with Crippen LogP contribution < -0.4 is 0 Å². The highest BCUT2D eigenvalue weighted by Crippen LogP contribution is 1.89. The molecule has 0 saturated carbocycles. The van der Waals surface area contributed by atoms with Gasteiger partial charge < -0.3 is 33.5 Å². The summed E-state index contributed by atoms with van der Waals surface area (Å²) in [6.07, 6.45) is 0.248. The van der Waals surface area contributed by atoms with Gasteiger partial charge in [0.25, 0.3) is 0 Å². The Morgan fingerprint density at radius 1 is 0.708 bits per heavy atom. The summed E-state index contributed by atoms with van der Waals surface area (Å²) < 4.78 is 30.5. The van der Waals surface area contributed by atoms with E-state index in [0.29, 0.717) is 59.5 Å². The van der Waals surface area contributed by atoms with Crippen molar-refractivity contribution in [2.75, 3.05) is 72.7 Å². The minimum atomic E-state index is -0.997. The minimum Gasteiger partial charge on any atom is -0.480 e. The van der Waals surface area contributed by atoms with Crippen LogP contribution in [-0.2, 0) is 38.0 Å². The van der Waals surface area contributed by atoms with E-state index in [2.05, 4.69) is 0 Å². The topological polar surface area (TPSA) is 110 Å². The first-order valence-electron chi connectivity index (χ1n) is 7.93. The molecule has 0 aliphatic rings. The van der Waals surface area contributed by atoms with Crippen LogP contribution in [0.25, 0.3) is 0 Å². The standard InChI is InChI=1S/C15H28O9/c1-2-24-15(18)3-4-19-5-6-20-7-8-21-9-10-22-11-12-23-13-14(16)17/h2-13H2,1H3,(H,16,17). The molecule has 0 amide bonds. The number of rotatable bonds is 18. The van der Waals surface area contributed by atoms with E-state index in [1.54, 1.807) is 6.92 Å². The molecule has 0 aliphatic carbocycles. The second-order valence-corrected chi connectivity index (χ2v) is 4.45. The van der Waals surface area contributed by atoms with E-state index in [4.69, 9.17) is 33.5 Å². The Bertz CT molecular complexity index is 309. The van der Waals surface area contributed by atoms with Crippen LogP contribution in [0.5, 0.6) is 0 Å². The number of hydrogen-bond acceptors (Lipinski definition) is 8. The van der Waals surface area contributed by atoms with Gasteiger partial charge in [-0.15, -0.1) is 0 Å². The van der Waals surface area contributed by atoms with Crippen molar-refractivity contribution < 1.29 is 43.1 Å². The van der Waals surface area contributed by atoms with E-state index in [1.807, 2.05) is 0 Å². The molecule has 24 heavy (non-hydrogen) atoms. The molecular formula is C15H28O9. The van der Waals surface area contributed by atoms with Gasteiger partial charge in [-0.05, 0) is 6.92 Å². The molecule has 0 spiro atoms. The van der Waals surface area contributed by atoms with Gasteiger partial charge in [0.1, 0.15) is 6.61 Å². The smallest absolute Gasteiger partial charge is 0.329 e. The zero-order valence-electron chi connectivity index (χ0n) is 14.2. The molecule has 0 rings (SSSR count). The highest BCUT2D eigenvalue weighted by molar-refractivity contribution is 5.69. The van der Waals surface area contributed by atoms with E-state index < -0.39 is 5.97 Å². The largest absolute Gasteiger partial charge is 0.480 e. The summed E-state index contributed by atoms with van der Waals surface area (Å²) in [6.45, 7) is 5.31. The van der Waals surface area contributed by atoms with Gasteiger partial charge in [-0.25, -0.2) is 4.79 Å². The Balaban J connectivity index is 3.05. The Labute approximate surface area is 142 Å². The van der Waals surface area contributed by atoms with Gasteiger partial charge >= 0.3 is 11.9 Å². The van der Waals surface area contributed by atoms with Crippen molar-refractivity contribution in [2.45, 2.75) is 13.3 Å². The van der Waals surface area contributed by atoms with Crippen molar-refractivity contribution >= 4 is 11.9 Å². The van der Waals surface area contributed by atoms with Crippen LogP contribution in [0.3, 0.4) is 0 Å². The minimum absolute atomic E-state index is 0.242. The molecule has 0 aromatic heterocycles. The normalized spacial score (nSPS) is 10.7. The van der Waals surface area contributed by atoms with Gasteiger partial charge in [-0.3, -0.25) is 4.79 Å². The van der Waals surface area contributed by atoms with Crippen LogP contribution in [0, 0.1) is 0 Å². The summed E-state index contributed by atoms with van der Waals surface area (Å²) in [5, 5.41) is 8.34. The first-order chi connectivity index (χ1) is 11.7. The van der Waals surface area contributed by atoms with Crippen molar-refractivity contribution in [1.82, 2.24) is 0 Å². The molecule has 142 valence electrons. The molecule has 9 nitrogen and oxygen atoms in total. The molecule has 0 radical (unpaired) electrons.